The van der Waals surface area contributed by atoms with Gasteiger partial charge in [0.1, 0.15) is 5.76 Å². The molecule has 5 nitrogen and oxygen atoms in total. The molecule has 1 atom stereocenters. The van der Waals surface area contributed by atoms with Crippen molar-refractivity contribution in [1.29, 1.82) is 0 Å². The van der Waals surface area contributed by atoms with Gasteiger partial charge in [-0.2, -0.15) is 0 Å². The van der Waals surface area contributed by atoms with Crippen LogP contribution >= 0.6 is 0 Å². The van der Waals surface area contributed by atoms with Crippen LogP contribution in [0.5, 0.6) is 0 Å². The molecule has 1 aliphatic rings. The Kier molecular flexibility index (Phi) is 5.82. The molecule has 1 fully saturated rings. The molecule has 1 N–H and O–H groups in total. The van der Waals surface area contributed by atoms with Crippen molar-refractivity contribution in [2.75, 3.05) is 32.8 Å². The van der Waals surface area contributed by atoms with Gasteiger partial charge in [-0.05, 0) is 31.4 Å². The molecule has 2 rings (SSSR count). The van der Waals surface area contributed by atoms with Crippen LogP contribution in [-0.4, -0.2) is 49.7 Å². The summed E-state index contributed by atoms with van der Waals surface area (Å²) in [5.74, 6) is 1.61. The first-order valence-corrected chi connectivity index (χ1v) is 7.72. The minimum absolute atomic E-state index is 0.134. The van der Waals surface area contributed by atoms with Crippen molar-refractivity contribution in [3.05, 3.63) is 23.7 Å². The summed E-state index contributed by atoms with van der Waals surface area (Å²) in [6.45, 7) is 10.3. The van der Waals surface area contributed by atoms with Gasteiger partial charge < -0.3 is 14.5 Å². The highest BCUT2D eigenvalue weighted by molar-refractivity contribution is 5.91. The largest absolute Gasteiger partial charge is 0.456 e. The minimum atomic E-state index is -0.134. The standard InChI is InChI=1S/C16H26N2O3/c1-12(2)10-14(18-6-8-20-9-7-18)11-17-16(19)15-5-4-13(3)21-15/h4-5,12,14H,6-11H2,1-3H3,(H,17,19). The average Bonchev–Trinajstić information content (AvgIpc) is 2.90. The fourth-order valence-electron chi connectivity index (χ4n) is 2.70. The molecule has 2 heterocycles. The first kappa shape index (κ1) is 16.0. The lowest BCUT2D eigenvalue weighted by atomic mass is 10.0. The third-order valence-corrected chi connectivity index (χ3v) is 3.77. The number of rotatable bonds is 6. The van der Waals surface area contributed by atoms with Crippen LogP contribution in [0, 0.1) is 12.8 Å². The first-order chi connectivity index (χ1) is 10.1. The van der Waals surface area contributed by atoms with Crippen LogP contribution in [-0.2, 0) is 4.74 Å². The molecule has 1 aromatic heterocycles. The molecule has 0 spiro atoms. The minimum Gasteiger partial charge on any atom is -0.456 e. The Balaban J connectivity index is 1.90. The fraction of sp³-hybridized carbons (Fsp3) is 0.688. The highest BCUT2D eigenvalue weighted by Crippen LogP contribution is 2.13. The predicted molar refractivity (Wildman–Crippen MR) is 81.4 cm³/mol. The van der Waals surface area contributed by atoms with Gasteiger partial charge in [-0.25, -0.2) is 0 Å². The lowest BCUT2D eigenvalue weighted by Gasteiger charge is -2.35. The fourth-order valence-corrected chi connectivity index (χ4v) is 2.70. The van der Waals surface area contributed by atoms with Crippen LogP contribution in [0.4, 0.5) is 0 Å². The smallest absolute Gasteiger partial charge is 0.287 e. The van der Waals surface area contributed by atoms with Gasteiger partial charge in [0.2, 0.25) is 0 Å². The molecule has 0 aliphatic carbocycles. The van der Waals surface area contributed by atoms with Crippen molar-refractivity contribution in [3.63, 3.8) is 0 Å². The lowest BCUT2D eigenvalue weighted by Crippen LogP contribution is -2.49. The van der Waals surface area contributed by atoms with Crippen molar-refractivity contribution in [1.82, 2.24) is 10.2 Å². The summed E-state index contributed by atoms with van der Waals surface area (Å²) in [6.07, 6.45) is 1.07. The Morgan fingerprint density at radius 1 is 1.33 bits per heavy atom. The van der Waals surface area contributed by atoms with E-state index in [0.717, 1.165) is 38.5 Å². The molecule has 0 aromatic carbocycles. The summed E-state index contributed by atoms with van der Waals surface area (Å²) < 4.78 is 10.8. The van der Waals surface area contributed by atoms with Gasteiger partial charge in [0.05, 0.1) is 13.2 Å². The van der Waals surface area contributed by atoms with E-state index in [1.807, 2.05) is 13.0 Å². The molecule has 21 heavy (non-hydrogen) atoms. The molecule has 1 unspecified atom stereocenters. The quantitative estimate of drug-likeness (QED) is 0.872. The number of ether oxygens (including phenoxy) is 1. The number of aryl methyl sites for hydroxylation is 1. The van der Waals surface area contributed by atoms with Crippen molar-refractivity contribution < 1.29 is 13.9 Å². The van der Waals surface area contributed by atoms with Crippen LogP contribution in [0.15, 0.2) is 16.5 Å². The van der Waals surface area contributed by atoms with Gasteiger partial charge in [0.15, 0.2) is 5.76 Å². The van der Waals surface area contributed by atoms with Gasteiger partial charge >= 0.3 is 0 Å². The Morgan fingerprint density at radius 3 is 2.62 bits per heavy atom. The second-order valence-electron chi connectivity index (χ2n) is 6.05. The molecule has 1 saturated heterocycles. The first-order valence-electron chi connectivity index (χ1n) is 7.72. The third kappa shape index (κ3) is 4.86. The van der Waals surface area contributed by atoms with E-state index in [-0.39, 0.29) is 5.91 Å². The lowest BCUT2D eigenvalue weighted by molar-refractivity contribution is 0.0124. The van der Waals surface area contributed by atoms with Crippen LogP contribution in [0.1, 0.15) is 36.6 Å². The highest BCUT2D eigenvalue weighted by Gasteiger charge is 2.23. The number of nitrogens with one attached hydrogen (secondary N) is 1. The second kappa shape index (κ2) is 7.61. The predicted octanol–water partition coefficient (Wildman–Crippen LogP) is 2.06. The maximum atomic E-state index is 12.1. The van der Waals surface area contributed by atoms with Gasteiger partial charge in [-0.3, -0.25) is 9.69 Å². The van der Waals surface area contributed by atoms with Gasteiger partial charge in [-0.1, -0.05) is 13.8 Å². The number of hydrogen-bond donors (Lipinski definition) is 1. The molecular formula is C16H26N2O3. The van der Waals surface area contributed by atoms with Crippen LogP contribution in [0.25, 0.3) is 0 Å². The van der Waals surface area contributed by atoms with Gasteiger partial charge in [-0.15, -0.1) is 0 Å². The summed E-state index contributed by atoms with van der Waals surface area (Å²) >= 11 is 0. The van der Waals surface area contributed by atoms with E-state index < -0.39 is 0 Å². The van der Waals surface area contributed by atoms with E-state index in [9.17, 15) is 4.79 Å². The molecule has 1 amide bonds. The topological polar surface area (TPSA) is 54.7 Å². The maximum absolute atomic E-state index is 12.1. The van der Waals surface area contributed by atoms with E-state index >= 15 is 0 Å². The SMILES string of the molecule is Cc1ccc(C(=O)NCC(CC(C)C)N2CCOCC2)o1. The zero-order valence-electron chi connectivity index (χ0n) is 13.2. The number of morpholine rings is 1. The molecule has 0 bridgehead atoms. The number of nitrogens with zero attached hydrogens (tertiary/aromatic N) is 1. The van der Waals surface area contributed by atoms with Crippen LogP contribution in [0.2, 0.25) is 0 Å². The van der Waals surface area contributed by atoms with E-state index in [4.69, 9.17) is 9.15 Å². The Labute approximate surface area is 126 Å². The van der Waals surface area contributed by atoms with E-state index in [1.165, 1.54) is 0 Å². The Bertz CT molecular complexity index is 450. The molecular weight excluding hydrogens is 268 g/mol. The van der Waals surface area contributed by atoms with Crippen molar-refractivity contribution in [2.45, 2.75) is 33.2 Å². The monoisotopic (exact) mass is 294 g/mol. The Hall–Kier alpha value is -1.33. The third-order valence-electron chi connectivity index (χ3n) is 3.77. The zero-order chi connectivity index (χ0) is 15.2. The molecule has 1 aromatic rings. The van der Waals surface area contributed by atoms with Crippen LogP contribution < -0.4 is 5.32 Å². The van der Waals surface area contributed by atoms with E-state index in [1.54, 1.807) is 6.07 Å². The summed E-state index contributed by atoms with van der Waals surface area (Å²) in [7, 11) is 0. The number of carbonyl (C=O) groups excluding carboxylic acids is 1. The summed E-state index contributed by atoms with van der Waals surface area (Å²) in [5, 5.41) is 3.00. The molecule has 118 valence electrons. The molecule has 0 radical (unpaired) electrons. The number of hydrogen-bond acceptors (Lipinski definition) is 4. The maximum Gasteiger partial charge on any atom is 0.287 e. The second-order valence-corrected chi connectivity index (χ2v) is 6.05. The molecule has 0 saturated carbocycles. The zero-order valence-corrected chi connectivity index (χ0v) is 13.2. The number of furan rings is 1. The normalized spacial score (nSPS) is 17.9. The summed E-state index contributed by atoms with van der Waals surface area (Å²) in [6, 6.07) is 3.88. The van der Waals surface area contributed by atoms with E-state index in [2.05, 4.69) is 24.1 Å². The van der Waals surface area contributed by atoms with E-state index in [0.29, 0.717) is 24.3 Å². The van der Waals surface area contributed by atoms with Crippen molar-refractivity contribution in [2.24, 2.45) is 5.92 Å². The van der Waals surface area contributed by atoms with Gasteiger partial charge in [0.25, 0.3) is 5.91 Å². The number of amides is 1. The van der Waals surface area contributed by atoms with Crippen LogP contribution in [0.3, 0.4) is 0 Å². The van der Waals surface area contributed by atoms with Gasteiger partial charge in [0, 0.05) is 25.7 Å². The average molecular weight is 294 g/mol. The van der Waals surface area contributed by atoms with Crippen molar-refractivity contribution in [3.8, 4) is 0 Å². The Morgan fingerprint density at radius 2 is 2.05 bits per heavy atom. The summed E-state index contributed by atoms with van der Waals surface area (Å²) in [5.41, 5.74) is 0. The summed E-state index contributed by atoms with van der Waals surface area (Å²) in [4.78, 5) is 14.5. The van der Waals surface area contributed by atoms with Crippen molar-refractivity contribution >= 4 is 5.91 Å². The molecule has 5 heteroatoms. The highest BCUT2D eigenvalue weighted by atomic mass is 16.5. The number of carbonyl (C=O) groups is 1. The molecule has 1 aliphatic heterocycles.